The van der Waals surface area contributed by atoms with Gasteiger partial charge in [-0.1, -0.05) is 41.4 Å². The minimum Gasteiger partial charge on any atom is -0.481 e. The van der Waals surface area contributed by atoms with Crippen LogP contribution in [0.1, 0.15) is 25.3 Å². The molecule has 0 saturated heterocycles. The van der Waals surface area contributed by atoms with Gasteiger partial charge < -0.3 is 15.7 Å². The number of aliphatic carboxylic acids is 1. The fraction of sp³-hybridized carbons (Fsp3) is 0.429. The second-order valence-corrected chi connectivity index (χ2v) is 5.48. The summed E-state index contributed by atoms with van der Waals surface area (Å²) in [6.45, 7) is 2.72. The summed E-state index contributed by atoms with van der Waals surface area (Å²) in [5, 5.41) is 14.2. The molecule has 0 spiro atoms. The Hall–Kier alpha value is -1.56. The van der Waals surface area contributed by atoms with Crippen molar-refractivity contribution >= 4 is 27.9 Å². The third-order valence-corrected chi connectivity index (χ3v) is 3.49. The monoisotopic (exact) mass is 342 g/mol. The molecule has 0 saturated carbocycles. The van der Waals surface area contributed by atoms with E-state index in [0.717, 1.165) is 16.5 Å². The van der Waals surface area contributed by atoms with Gasteiger partial charge in [0.15, 0.2) is 0 Å². The number of carboxylic acid groups (broad SMARTS) is 1. The fourth-order valence-corrected chi connectivity index (χ4v) is 1.96. The zero-order chi connectivity index (χ0) is 15.0. The van der Waals surface area contributed by atoms with Gasteiger partial charge in [0.05, 0.1) is 0 Å². The van der Waals surface area contributed by atoms with E-state index in [0.29, 0.717) is 13.1 Å². The van der Waals surface area contributed by atoms with Crippen LogP contribution in [0.4, 0.5) is 4.79 Å². The van der Waals surface area contributed by atoms with Crippen molar-refractivity contribution in [3.63, 3.8) is 0 Å². The highest BCUT2D eigenvalue weighted by Gasteiger charge is 2.12. The van der Waals surface area contributed by atoms with E-state index in [1.807, 2.05) is 31.2 Å². The van der Waals surface area contributed by atoms with Gasteiger partial charge in [-0.15, -0.1) is 0 Å². The molecule has 1 rings (SSSR count). The Morgan fingerprint density at radius 2 is 1.90 bits per heavy atom. The van der Waals surface area contributed by atoms with Crippen molar-refractivity contribution in [2.45, 2.75) is 26.3 Å². The van der Waals surface area contributed by atoms with E-state index < -0.39 is 5.97 Å². The van der Waals surface area contributed by atoms with Crippen LogP contribution >= 0.6 is 15.9 Å². The van der Waals surface area contributed by atoms with Crippen LogP contribution in [-0.4, -0.2) is 23.7 Å². The quantitative estimate of drug-likeness (QED) is 0.712. The number of hydrogen-bond donors (Lipinski definition) is 3. The number of carboxylic acids is 1. The molecule has 1 aromatic carbocycles. The molecular weight excluding hydrogens is 324 g/mol. The molecule has 0 aliphatic heterocycles. The van der Waals surface area contributed by atoms with E-state index in [1.54, 1.807) is 0 Å². The Balaban J connectivity index is 2.29. The molecule has 0 fully saturated rings. The highest BCUT2D eigenvalue weighted by Crippen LogP contribution is 2.10. The second-order valence-electron chi connectivity index (χ2n) is 4.56. The van der Waals surface area contributed by atoms with Crippen molar-refractivity contribution in [3.05, 3.63) is 34.3 Å². The van der Waals surface area contributed by atoms with Crippen LogP contribution in [0.5, 0.6) is 0 Å². The first-order valence-electron chi connectivity index (χ1n) is 6.49. The molecule has 5 nitrogen and oxygen atoms in total. The Labute approximate surface area is 126 Å². The van der Waals surface area contributed by atoms with Gasteiger partial charge in [-0.05, 0) is 23.6 Å². The number of hydrogen-bond acceptors (Lipinski definition) is 2. The minimum absolute atomic E-state index is 0.0362. The van der Waals surface area contributed by atoms with Crippen LogP contribution in [0.15, 0.2) is 28.7 Å². The number of amides is 2. The van der Waals surface area contributed by atoms with Crippen molar-refractivity contribution in [1.82, 2.24) is 10.6 Å². The third-order valence-electron chi connectivity index (χ3n) is 2.96. The van der Waals surface area contributed by atoms with Gasteiger partial charge in [0.25, 0.3) is 0 Å². The Morgan fingerprint density at radius 1 is 1.25 bits per heavy atom. The summed E-state index contributed by atoms with van der Waals surface area (Å²) in [4.78, 5) is 22.2. The maximum absolute atomic E-state index is 11.6. The first-order valence-corrected chi connectivity index (χ1v) is 7.28. The second kappa shape index (κ2) is 8.58. The average molecular weight is 343 g/mol. The molecule has 0 bridgehead atoms. The molecular formula is C14H19BrN2O3. The topological polar surface area (TPSA) is 78.4 Å². The summed E-state index contributed by atoms with van der Waals surface area (Å²) in [5.41, 5.74) is 1.00. The summed E-state index contributed by atoms with van der Waals surface area (Å²) in [6, 6.07) is 7.38. The van der Waals surface area contributed by atoms with Crippen molar-refractivity contribution in [1.29, 1.82) is 0 Å². The molecule has 2 amide bonds. The predicted octanol–water partition coefficient (Wildman–Crippen LogP) is 2.75. The molecule has 1 aromatic rings. The van der Waals surface area contributed by atoms with E-state index in [1.165, 1.54) is 0 Å². The van der Waals surface area contributed by atoms with Gasteiger partial charge in [-0.2, -0.15) is 0 Å². The van der Waals surface area contributed by atoms with E-state index >= 15 is 0 Å². The van der Waals surface area contributed by atoms with Gasteiger partial charge in [-0.3, -0.25) is 4.79 Å². The zero-order valence-corrected chi connectivity index (χ0v) is 12.9. The summed E-state index contributed by atoms with van der Waals surface area (Å²) < 4.78 is 0.991. The lowest BCUT2D eigenvalue weighted by atomic mass is 10.0. The van der Waals surface area contributed by atoms with E-state index in [2.05, 4.69) is 26.6 Å². The highest BCUT2D eigenvalue weighted by molar-refractivity contribution is 9.10. The Morgan fingerprint density at radius 3 is 2.45 bits per heavy atom. The van der Waals surface area contributed by atoms with Gasteiger partial charge in [0.2, 0.25) is 0 Å². The highest BCUT2D eigenvalue weighted by atomic mass is 79.9. The molecule has 0 aromatic heterocycles. The number of halogens is 1. The molecule has 0 radical (unpaired) electrons. The third kappa shape index (κ3) is 6.56. The fourth-order valence-electron chi connectivity index (χ4n) is 1.69. The van der Waals surface area contributed by atoms with Crippen LogP contribution < -0.4 is 10.6 Å². The maximum Gasteiger partial charge on any atom is 0.315 e. The Bertz CT molecular complexity index is 448. The zero-order valence-electron chi connectivity index (χ0n) is 11.4. The number of rotatable bonds is 7. The van der Waals surface area contributed by atoms with Crippen LogP contribution in [0.2, 0.25) is 0 Å². The smallest absolute Gasteiger partial charge is 0.315 e. The number of nitrogens with one attached hydrogen (secondary N) is 2. The van der Waals surface area contributed by atoms with Crippen molar-refractivity contribution in [3.8, 4) is 0 Å². The van der Waals surface area contributed by atoms with Crippen molar-refractivity contribution in [2.75, 3.05) is 6.54 Å². The lowest BCUT2D eigenvalue weighted by molar-refractivity contribution is -0.138. The standard InChI is InChI=1S/C14H19BrN2O3/c1-2-10(7-13(18)19)8-16-14(20)17-9-11-3-5-12(15)6-4-11/h3-6,10H,2,7-9H2,1H3,(H,18,19)(H2,16,17,20). The normalized spacial score (nSPS) is 11.7. The van der Waals surface area contributed by atoms with Crippen molar-refractivity contribution < 1.29 is 14.7 Å². The first kappa shape index (κ1) is 16.5. The minimum atomic E-state index is -0.839. The average Bonchev–Trinajstić information content (AvgIpc) is 2.42. The van der Waals surface area contributed by atoms with Crippen molar-refractivity contribution in [2.24, 2.45) is 5.92 Å². The number of urea groups is 1. The van der Waals surface area contributed by atoms with Crippen LogP contribution in [-0.2, 0) is 11.3 Å². The lowest BCUT2D eigenvalue weighted by Gasteiger charge is -2.14. The van der Waals surface area contributed by atoms with E-state index in [-0.39, 0.29) is 18.4 Å². The largest absolute Gasteiger partial charge is 0.481 e. The molecule has 3 N–H and O–H groups in total. The molecule has 6 heteroatoms. The summed E-state index contributed by atoms with van der Waals surface area (Å²) in [5.74, 6) is -0.875. The molecule has 110 valence electrons. The summed E-state index contributed by atoms with van der Waals surface area (Å²) in [7, 11) is 0. The molecule has 0 heterocycles. The van der Waals surface area contributed by atoms with Gasteiger partial charge >= 0.3 is 12.0 Å². The SMILES string of the molecule is CCC(CNC(=O)NCc1ccc(Br)cc1)CC(=O)O. The van der Waals surface area contributed by atoms with Crippen LogP contribution in [0.25, 0.3) is 0 Å². The van der Waals surface area contributed by atoms with Gasteiger partial charge in [-0.25, -0.2) is 4.79 Å². The van der Waals surface area contributed by atoms with Crippen LogP contribution in [0, 0.1) is 5.92 Å². The molecule has 1 atom stereocenters. The lowest BCUT2D eigenvalue weighted by Crippen LogP contribution is -2.38. The molecule has 20 heavy (non-hydrogen) atoms. The molecule has 0 aliphatic rings. The number of benzene rings is 1. The summed E-state index contributed by atoms with van der Waals surface area (Å²) >= 11 is 3.35. The number of carbonyl (C=O) groups excluding carboxylic acids is 1. The maximum atomic E-state index is 11.6. The number of carbonyl (C=O) groups is 2. The van der Waals surface area contributed by atoms with Crippen LogP contribution in [0.3, 0.4) is 0 Å². The predicted molar refractivity (Wildman–Crippen MR) is 80.4 cm³/mol. The Kier molecular flexibility index (Phi) is 7.08. The molecule has 1 unspecified atom stereocenters. The van der Waals surface area contributed by atoms with Gasteiger partial charge in [0.1, 0.15) is 0 Å². The summed E-state index contributed by atoms with van der Waals surface area (Å²) in [6.07, 6.45) is 0.794. The first-order chi connectivity index (χ1) is 9.51. The van der Waals surface area contributed by atoms with E-state index in [9.17, 15) is 9.59 Å². The van der Waals surface area contributed by atoms with Gasteiger partial charge in [0, 0.05) is 24.0 Å². The van der Waals surface area contributed by atoms with E-state index in [4.69, 9.17) is 5.11 Å². The molecule has 0 aliphatic carbocycles.